The summed E-state index contributed by atoms with van der Waals surface area (Å²) in [5, 5.41) is 0. The minimum atomic E-state index is -0.555. The standard InChI is InChI=1S/C17H29NO4/c1-15(2)16(3)6-7-17(15,12-13(16)19)14(20)18(8-10-21-4)9-11-22-5/h6-12H2,1-5H3/t16-,17+/m0/s1. The van der Waals surface area contributed by atoms with Gasteiger partial charge in [0.2, 0.25) is 5.91 Å². The van der Waals surface area contributed by atoms with Crippen LogP contribution in [0.1, 0.15) is 40.0 Å². The number of hydrogen-bond acceptors (Lipinski definition) is 4. The summed E-state index contributed by atoms with van der Waals surface area (Å²) in [4.78, 5) is 27.6. The molecule has 0 heterocycles. The fraction of sp³-hybridized carbons (Fsp3) is 0.882. The highest BCUT2D eigenvalue weighted by Gasteiger charge is 2.72. The maximum absolute atomic E-state index is 13.3. The van der Waals surface area contributed by atoms with Gasteiger partial charge in [0.05, 0.1) is 18.6 Å². The number of methoxy groups -OCH3 is 2. The van der Waals surface area contributed by atoms with Crippen LogP contribution in [0.5, 0.6) is 0 Å². The third-order valence-electron chi connectivity index (χ3n) is 6.53. The molecule has 0 radical (unpaired) electrons. The van der Waals surface area contributed by atoms with E-state index in [0.29, 0.717) is 32.7 Å². The summed E-state index contributed by atoms with van der Waals surface area (Å²) in [6.45, 7) is 8.30. The summed E-state index contributed by atoms with van der Waals surface area (Å²) in [7, 11) is 3.26. The van der Waals surface area contributed by atoms with E-state index in [1.54, 1.807) is 14.2 Å². The molecule has 2 bridgehead atoms. The lowest BCUT2D eigenvalue weighted by atomic mass is 9.64. The van der Waals surface area contributed by atoms with E-state index in [-0.39, 0.29) is 22.5 Å². The zero-order valence-corrected chi connectivity index (χ0v) is 14.5. The zero-order chi connectivity index (χ0) is 16.6. The van der Waals surface area contributed by atoms with Gasteiger partial charge in [-0.15, -0.1) is 0 Å². The van der Waals surface area contributed by atoms with Crippen molar-refractivity contribution in [2.24, 2.45) is 16.2 Å². The number of nitrogens with zero attached hydrogens (tertiary/aromatic N) is 1. The van der Waals surface area contributed by atoms with Crippen molar-refractivity contribution in [2.75, 3.05) is 40.5 Å². The molecule has 0 N–H and O–H groups in total. The van der Waals surface area contributed by atoms with Crippen LogP contribution in [0.4, 0.5) is 0 Å². The Balaban J connectivity index is 2.27. The smallest absolute Gasteiger partial charge is 0.229 e. The SMILES string of the molecule is COCCN(CCOC)C(=O)[C@@]12CC[C@@](C)(C(=O)C1)C2(C)C. The maximum atomic E-state index is 13.3. The molecule has 0 spiro atoms. The molecule has 0 aliphatic heterocycles. The molecule has 2 fully saturated rings. The van der Waals surface area contributed by atoms with Crippen molar-refractivity contribution in [1.82, 2.24) is 4.90 Å². The Morgan fingerprint density at radius 2 is 1.64 bits per heavy atom. The summed E-state index contributed by atoms with van der Waals surface area (Å²) in [5.74, 6) is 0.344. The van der Waals surface area contributed by atoms with Crippen LogP contribution < -0.4 is 0 Å². The first-order valence-corrected chi connectivity index (χ1v) is 8.07. The number of Topliss-reactive ketones (excluding diaryl/α,β-unsaturated/α-hetero) is 1. The number of carbonyl (C=O) groups excluding carboxylic acids is 2. The summed E-state index contributed by atoms with van der Waals surface area (Å²) >= 11 is 0. The molecular formula is C17H29NO4. The van der Waals surface area contributed by atoms with E-state index >= 15 is 0 Å². The second-order valence-corrected chi connectivity index (χ2v) is 7.42. The van der Waals surface area contributed by atoms with Crippen molar-refractivity contribution in [1.29, 1.82) is 0 Å². The van der Waals surface area contributed by atoms with Gasteiger partial charge in [-0.25, -0.2) is 0 Å². The van der Waals surface area contributed by atoms with Crippen LogP contribution in [0.25, 0.3) is 0 Å². The largest absolute Gasteiger partial charge is 0.383 e. The lowest BCUT2D eigenvalue weighted by molar-refractivity contribution is -0.149. The van der Waals surface area contributed by atoms with Gasteiger partial charge >= 0.3 is 0 Å². The second-order valence-electron chi connectivity index (χ2n) is 7.42. The Bertz CT molecular complexity index is 454. The lowest BCUT2D eigenvalue weighted by Gasteiger charge is -2.41. The first-order chi connectivity index (χ1) is 10.3. The van der Waals surface area contributed by atoms with Gasteiger partial charge in [0.25, 0.3) is 0 Å². The molecule has 2 saturated carbocycles. The van der Waals surface area contributed by atoms with Gasteiger partial charge in [-0.05, 0) is 18.3 Å². The van der Waals surface area contributed by atoms with Crippen molar-refractivity contribution in [2.45, 2.75) is 40.0 Å². The van der Waals surface area contributed by atoms with Gasteiger partial charge in [-0.3, -0.25) is 9.59 Å². The number of ketones is 1. The predicted octanol–water partition coefficient (Wildman–Crippen LogP) is 1.89. The average Bonchev–Trinajstić information content (AvgIpc) is 2.77. The Kier molecular flexibility index (Phi) is 4.69. The van der Waals surface area contributed by atoms with Gasteiger partial charge in [-0.2, -0.15) is 0 Å². The highest BCUT2D eigenvalue weighted by Crippen LogP contribution is 2.70. The van der Waals surface area contributed by atoms with Crippen molar-refractivity contribution in [3.05, 3.63) is 0 Å². The monoisotopic (exact) mass is 311 g/mol. The molecule has 5 nitrogen and oxygen atoms in total. The molecule has 0 unspecified atom stereocenters. The van der Waals surface area contributed by atoms with Gasteiger partial charge < -0.3 is 14.4 Å². The molecule has 0 saturated heterocycles. The molecular weight excluding hydrogens is 282 g/mol. The highest BCUT2D eigenvalue weighted by atomic mass is 16.5. The van der Waals surface area contributed by atoms with Crippen LogP contribution in [0, 0.1) is 16.2 Å². The number of ether oxygens (including phenoxy) is 2. The Morgan fingerprint density at radius 3 is 2.00 bits per heavy atom. The number of rotatable bonds is 7. The van der Waals surface area contributed by atoms with E-state index in [4.69, 9.17) is 9.47 Å². The minimum absolute atomic E-state index is 0.0983. The topological polar surface area (TPSA) is 55.8 Å². The van der Waals surface area contributed by atoms with Gasteiger partial charge in [0.1, 0.15) is 5.78 Å². The van der Waals surface area contributed by atoms with E-state index in [9.17, 15) is 9.59 Å². The summed E-state index contributed by atoms with van der Waals surface area (Å²) in [5.41, 5.74) is -1.22. The molecule has 22 heavy (non-hydrogen) atoms. The van der Waals surface area contributed by atoms with Crippen LogP contribution in [0.2, 0.25) is 0 Å². The van der Waals surface area contributed by atoms with Crippen molar-refractivity contribution in [3.63, 3.8) is 0 Å². The fourth-order valence-electron chi connectivity index (χ4n) is 4.35. The molecule has 1 amide bonds. The summed E-state index contributed by atoms with van der Waals surface area (Å²) < 4.78 is 10.3. The molecule has 0 aromatic heterocycles. The van der Waals surface area contributed by atoms with E-state index in [1.165, 1.54) is 0 Å². The molecule has 2 aliphatic carbocycles. The first-order valence-electron chi connectivity index (χ1n) is 8.07. The zero-order valence-electron chi connectivity index (χ0n) is 14.5. The van der Waals surface area contributed by atoms with Gasteiger partial charge in [0, 0.05) is 39.1 Å². The van der Waals surface area contributed by atoms with E-state index < -0.39 is 5.41 Å². The lowest BCUT2D eigenvalue weighted by Crippen LogP contribution is -2.50. The summed E-state index contributed by atoms with van der Waals surface area (Å²) in [6, 6.07) is 0. The second kappa shape index (κ2) is 5.93. The number of carbonyl (C=O) groups is 2. The van der Waals surface area contributed by atoms with E-state index in [0.717, 1.165) is 12.8 Å². The van der Waals surface area contributed by atoms with Crippen molar-refractivity contribution >= 4 is 11.7 Å². The first kappa shape index (κ1) is 17.4. The summed E-state index contributed by atoms with van der Waals surface area (Å²) in [6.07, 6.45) is 2.00. The van der Waals surface area contributed by atoms with Crippen LogP contribution in [0.3, 0.4) is 0 Å². The number of hydrogen-bond donors (Lipinski definition) is 0. The Labute approximate surface area is 133 Å². The quantitative estimate of drug-likeness (QED) is 0.720. The van der Waals surface area contributed by atoms with Gasteiger partial charge in [0.15, 0.2) is 0 Å². The predicted molar refractivity (Wildman–Crippen MR) is 83.5 cm³/mol. The van der Waals surface area contributed by atoms with E-state index in [2.05, 4.69) is 13.8 Å². The maximum Gasteiger partial charge on any atom is 0.229 e. The molecule has 2 rings (SSSR count). The molecule has 0 aromatic carbocycles. The molecule has 2 atom stereocenters. The third-order valence-corrected chi connectivity index (χ3v) is 6.53. The van der Waals surface area contributed by atoms with Crippen LogP contribution in [-0.2, 0) is 19.1 Å². The molecule has 2 aliphatic rings. The van der Waals surface area contributed by atoms with Gasteiger partial charge in [-0.1, -0.05) is 20.8 Å². The molecule has 0 aromatic rings. The third kappa shape index (κ3) is 2.21. The fourth-order valence-corrected chi connectivity index (χ4v) is 4.35. The number of amides is 1. The normalized spacial score (nSPS) is 32.5. The highest BCUT2D eigenvalue weighted by molar-refractivity contribution is 5.99. The van der Waals surface area contributed by atoms with E-state index in [1.807, 2.05) is 11.8 Å². The Morgan fingerprint density at radius 1 is 1.09 bits per heavy atom. The van der Waals surface area contributed by atoms with Crippen molar-refractivity contribution in [3.8, 4) is 0 Å². The molecule has 126 valence electrons. The number of fused-ring (bicyclic) bond motifs is 2. The van der Waals surface area contributed by atoms with Crippen LogP contribution >= 0.6 is 0 Å². The van der Waals surface area contributed by atoms with Crippen LogP contribution in [-0.4, -0.2) is 57.1 Å². The van der Waals surface area contributed by atoms with Crippen molar-refractivity contribution < 1.29 is 19.1 Å². The minimum Gasteiger partial charge on any atom is -0.383 e. The Hall–Kier alpha value is -0.940. The van der Waals surface area contributed by atoms with Crippen LogP contribution in [0.15, 0.2) is 0 Å². The molecule has 5 heteroatoms. The average molecular weight is 311 g/mol.